The van der Waals surface area contributed by atoms with E-state index < -0.39 is 24.3 Å². The third-order valence-electron chi connectivity index (χ3n) is 3.54. The van der Waals surface area contributed by atoms with Crippen LogP contribution in [0.1, 0.15) is 29.3 Å². The van der Waals surface area contributed by atoms with Gasteiger partial charge < -0.3 is 10.1 Å². The molecule has 5 heteroatoms. The van der Waals surface area contributed by atoms with E-state index in [1.807, 2.05) is 37.3 Å². The molecule has 126 valence electrons. The van der Waals surface area contributed by atoms with E-state index in [9.17, 15) is 14.0 Å². The molecule has 2 aromatic carbocycles. The normalized spacial score (nSPS) is 11.6. The number of amides is 1. The molecule has 2 aromatic rings. The molecule has 0 heterocycles. The van der Waals surface area contributed by atoms with Crippen molar-refractivity contribution >= 4 is 11.9 Å². The summed E-state index contributed by atoms with van der Waals surface area (Å²) >= 11 is 0. The second-order valence-electron chi connectivity index (χ2n) is 5.55. The molecule has 0 aliphatic carbocycles. The highest BCUT2D eigenvalue weighted by atomic mass is 19.1. The molecule has 0 radical (unpaired) electrons. The van der Waals surface area contributed by atoms with Gasteiger partial charge in [-0.25, -0.2) is 9.18 Å². The molecule has 1 N–H and O–H groups in total. The molecule has 0 fully saturated rings. The van der Waals surface area contributed by atoms with E-state index in [0.717, 1.165) is 12.8 Å². The maximum Gasteiger partial charge on any atom is 0.341 e. The van der Waals surface area contributed by atoms with Crippen molar-refractivity contribution in [1.82, 2.24) is 5.32 Å². The van der Waals surface area contributed by atoms with E-state index in [1.165, 1.54) is 29.8 Å². The number of carbonyl (C=O) groups excluding carboxylic acids is 2. The first-order valence-corrected chi connectivity index (χ1v) is 7.81. The third kappa shape index (κ3) is 5.50. The first-order valence-electron chi connectivity index (χ1n) is 7.81. The van der Waals surface area contributed by atoms with Crippen LogP contribution in [0.25, 0.3) is 0 Å². The van der Waals surface area contributed by atoms with Crippen LogP contribution in [0.5, 0.6) is 0 Å². The Hall–Kier alpha value is -2.69. The molecular weight excluding hydrogens is 309 g/mol. The highest BCUT2D eigenvalue weighted by Crippen LogP contribution is 2.08. The number of ether oxygens (including phenoxy) is 1. The summed E-state index contributed by atoms with van der Waals surface area (Å²) in [5, 5.41) is 2.76. The van der Waals surface area contributed by atoms with Gasteiger partial charge in [-0.05, 0) is 37.5 Å². The monoisotopic (exact) mass is 329 g/mol. The molecule has 0 unspecified atom stereocenters. The van der Waals surface area contributed by atoms with Gasteiger partial charge in [0, 0.05) is 6.04 Å². The molecule has 0 saturated carbocycles. The Kier molecular flexibility index (Phi) is 6.49. The fourth-order valence-electron chi connectivity index (χ4n) is 2.25. The number of aryl methyl sites for hydroxylation is 1. The van der Waals surface area contributed by atoms with E-state index in [0.29, 0.717) is 0 Å². The van der Waals surface area contributed by atoms with Crippen molar-refractivity contribution in [3.05, 3.63) is 71.5 Å². The maximum absolute atomic E-state index is 13.4. The lowest BCUT2D eigenvalue weighted by Crippen LogP contribution is -2.36. The average molecular weight is 329 g/mol. The number of hydrogen-bond donors (Lipinski definition) is 1. The number of nitrogens with one attached hydrogen (secondary N) is 1. The fraction of sp³-hybridized carbons (Fsp3) is 0.263. The smallest absolute Gasteiger partial charge is 0.341 e. The van der Waals surface area contributed by atoms with Gasteiger partial charge in [0.25, 0.3) is 5.91 Å². The maximum atomic E-state index is 13.4. The summed E-state index contributed by atoms with van der Waals surface area (Å²) in [6.45, 7) is 1.46. The molecule has 0 saturated heterocycles. The Morgan fingerprint density at radius 3 is 2.46 bits per heavy atom. The van der Waals surface area contributed by atoms with Crippen molar-refractivity contribution in [3.8, 4) is 0 Å². The van der Waals surface area contributed by atoms with Gasteiger partial charge in [0.2, 0.25) is 0 Å². The van der Waals surface area contributed by atoms with Crippen LogP contribution in [0, 0.1) is 5.82 Å². The second kappa shape index (κ2) is 8.82. The summed E-state index contributed by atoms with van der Waals surface area (Å²) in [6.07, 6.45) is 1.62. The number of hydrogen-bond acceptors (Lipinski definition) is 3. The largest absolute Gasteiger partial charge is 0.452 e. The van der Waals surface area contributed by atoms with Crippen LogP contribution in [-0.4, -0.2) is 24.5 Å². The Labute approximate surface area is 140 Å². The summed E-state index contributed by atoms with van der Waals surface area (Å²) < 4.78 is 18.3. The number of rotatable bonds is 7. The molecule has 0 aliphatic rings. The highest BCUT2D eigenvalue weighted by Gasteiger charge is 2.15. The van der Waals surface area contributed by atoms with Gasteiger partial charge in [-0.15, -0.1) is 0 Å². The van der Waals surface area contributed by atoms with Crippen LogP contribution in [0.2, 0.25) is 0 Å². The zero-order valence-electron chi connectivity index (χ0n) is 13.5. The van der Waals surface area contributed by atoms with Crippen molar-refractivity contribution in [2.45, 2.75) is 25.8 Å². The van der Waals surface area contributed by atoms with E-state index in [1.54, 1.807) is 0 Å². The third-order valence-corrected chi connectivity index (χ3v) is 3.54. The zero-order valence-corrected chi connectivity index (χ0v) is 13.5. The summed E-state index contributed by atoms with van der Waals surface area (Å²) in [4.78, 5) is 23.5. The predicted octanol–water partition coefficient (Wildman–Crippen LogP) is 3.12. The van der Waals surface area contributed by atoms with Crippen molar-refractivity contribution in [1.29, 1.82) is 0 Å². The number of benzene rings is 2. The van der Waals surface area contributed by atoms with E-state index in [2.05, 4.69) is 5.32 Å². The van der Waals surface area contributed by atoms with Crippen LogP contribution in [0.3, 0.4) is 0 Å². The average Bonchev–Trinajstić information content (AvgIpc) is 2.59. The van der Waals surface area contributed by atoms with Gasteiger partial charge >= 0.3 is 5.97 Å². The number of carbonyl (C=O) groups is 2. The molecule has 1 amide bonds. The summed E-state index contributed by atoms with van der Waals surface area (Å²) in [5.74, 6) is -1.92. The molecule has 1 atom stereocenters. The molecule has 0 aromatic heterocycles. The zero-order chi connectivity index (χ0) is 17.4. The van der Waals surface area contributed by atoms with Gasteiger partial charge in [-0.3, -0.25) is 4.79 Å². The molecular formula is C19H20FNO3. The van der Waals surface area contributed by atoms with Crippen molar-refractivity contribution < 1.29 is 18.7 Å². The van der Waals surface area contributed by atoms with E-state index >= 15 is 0 Å². The number of halogens is 1. The van der Waals surface area contributed by atoms with Crippen LogP contribution in [0.15, 0.2) is 54.6 Å². The quantitative estimate of drug-likeness (QED) is 0.794. The second-order valence-corrected chi connectivity index (χ2v) is 5.55. The number of esters is 1. The van der Waals surface area contributed by atoms with Gasteiger partial charge in [0.15, 0.2) is 6.61 Å². The summed E-state index contributed by atoms with van der Waals surface area (Å²) in [5.41, 5.74) is 1.02. The van der Waals surface area contributed by atoms with Gasteiger partial charge in [-0.2, -0.15) is 0 Å². The Balaban J connectivity index is 1.72. The summed E-state index contributed by atoms with van der Waals surface area (Å²) in [7, 11) is 0. The highest BCUT2D eigenvalue weighted by molar-refractivity contribution is 5.91. The lowest BCUT2D eigenvalue weighted by molar-refractivity contribution is -0.124. The Bertz CT molecular complexity index is 688. The van der Waals surface area contributed by atoms with Crippen molar-refractivity contribution in [3.63, 3.8) is 0 Å². The molecule has 0 aliphatic heterocycles. The van der Waals surface area contributed by atoms with Crippen LogP contribution in [0.4, 0.5) is 4.39 Å². The van der Waals surface area contributed by atoms with Gasteiger partial charge in [0.05, 0.1) is 5.56 Å². The summed E-state index contributed by atoms with van der Waals surface area (Å²) in [6, 6.07) is 15.4. The van der Waals surface area contributed by atoms with Crippen LogP contribution in [-0.2, 0) is 16.0 Å². The molecule has 0 spiro atoms. The molecule has 2 rings (SSSR count). The first-order chi connectivity index (χ1) is 11.6. The lowest BCUT2D eigenvalue weighted by atomic mass is 10.1. The topological polar surface area (TPSA) is 55.4 Å². The lowest BCUT2D eigenvalue weighted by Gasteiger charge is -2.14. The van der Waals surface area contributed by atoms with Crippen molar-refractivity contribution in [2.24, 2.45) is 0 Å². The minimum absolute atomic E-state index is 0.0510. The van der Waals surface area contributed by atoms with Crippen LogP contribution >= 0.6 is 0 Å². The van der Waals surface area contributed by atoms with Gasteiger partial charge in [-0.1, -0.05) is 42.5 Å². The minimum atomic E-state index is -0.847. The van der Waals surface area contributed by atoms with E-state index in [4.69, 9.17) is 4.74 Å². The van der Waals surface area contributed by atoms with Gasteiger partial charge in [0.1, 0.15) is 5.82 Å². The van der Waals surface area contributed by atoms with Crippen molar-refractivity contribution in [2.75, 3.05) is 6.61 Å². The first kappa shape index (κ1) is 17.7. The van der Waals surface area contributed by atoms with E-state index in [-0.39, 0.29) is 11.6 Å². The minimum Gasteiger partial charge on any atom is -0.452 e. The Morgan fingerprint density at radius 2 is 1.75 bits per heavy atom. The SMILES string of the molecule is C[C@H](CCc1ccccc1)NC(=O)COC(=O)c1ccccc1F. The standard InChI is InChI=1S/C19H20FNO3/c1-14(11-12-15-7-3-2-4-8-15)21-18(22)13-24-19(23)16-9-5-6-10-17(16)20/h2-10,14H,11-13H2,1H3,(H,21,22)/t14-/m1/s1. The fourth-order valence-corrected chi connectivity index (χ4v) is 2.25. The predicted molar refractivity (Wildman–Crippen MR) is 89.1 cm³/mol. The molecule has 4 nitrogen and oxygen atoms in total. The Morgan fingerprint density at radius 1 is 1.08 bits per heavy atom. The molecule has 24 heavy (non-hydrogen) atoms. The molecule has 0 bridgehead atoms. The van der Waals surface area contributed by atoms with Crippen LogP contribution < -0.4 is 5.32 Å².